The maximum absolute atomic E-state index is 5.90. The smallest absolute Gasteiger partial charge is 0.0937 e. The van der Waals surface area contributed by atoms with Crippen molar-refractivity contribution in [1.29, 1.82) is 0 Å². The van der Waals surface area contributed by atoms with Gasteiger partial charge in [0, 0.05) is 37.1 Å². The highest BCUT2D eigenvalue weighted by atomic mass is 32.1. The second-order valence-electron chi connectivity index (χ2n) is 3.79. The summed E-state index contributed by atoms with van der Waals surface area (Å²) in [4.78, 5) is 4.22. The third kappa shape index (κ3) is 4.17. The fourth-order valence-electron chi connectivity index (χ4n) is 1.08. The van der Waals surface area contributed by atoms with Gasteiger partial charge in [-0.25, -0.2) is 4.98 Å². The number of hydrogen-bond donors (Lipinski definition) is 2. The Kier molecular flexibility index (Phi) is 5.07. The van der Waals surface area contributed by atoms with E-state index in [0.29, 0.717) is 5.92 Å². The summed E-state index contributed by atoms with van der Waals surface area (Å²) in [5.74, 6) is 0.544. The topological polar surface area (TPSA) is 50.9 Å². The second-order valence-corrected chi connectivity index (χ2v) is 4.77. The molecular formula is C10H19N3S. The van der Waals surface area contributed by atoms with Gasteiger partial charge >= 0.3 is 0 Å². The van der Waals surface area contributed by atoms with E-state index in [-0.39, 0.29) is 6.04 Å². The minimum absolute atomic E-state index is 0.256. The molecule has 1 unspecified atom stereocenters. The molecule has 0 aliphatic heterocycles. The van der Waals surface area contributed by atoms with E-state index in [1.54, 1.807) is 11.3 Å². The van der Waals surface area contributed by atoms with Crippen LogP contribution < -0.4 is 11.1 Å². The molecule has 1 aromatic rings. The molecule has 0 amide bonds. The van der Waals surface area contributed by atoms with Gasteiger partial charge in [0.1, 0.15) is 0 Å². The molecule has 0 spiro atoms. The standard InChI is InChI=1S/C10H19N3S/c1-8(2)9(11)7-12-4-3-10-13-5-6-14-10/h5-6,8-9,12H,3-4,7,11H2,1-2H3. The third-order valence-corrected chi connectivity index (χ3v) is 3.07. The Bertz CT molecular complexity index is 234. The van der Waals surface area contributed by atoms with Crippen molar-refractivity contribution in [2.45, 2.75) is 26.3 Å². The van der Waals surface area contributed by atoms with Crippen LogP contribution in [0.15, 0.2) is 11.6 Å². The van der Waals surface area contributed by atoms with Gasteiger partial charge in [-0.05, 0) is 5.92 Å². The summed E-state index contributed by atoms with van der Waals surface area (Å²) in [6, 6.07) is 0.256. The van der Waals surface area contributed by atoms with Crippen LogP contribution in [0, 0.1) is 5.92 Å². The molecule has 1 heterocycles. The van der Waals surface area contributed by atoms with Gasteiger partial charge in [-0.3, -0.25) is 0 Å². The lowest BCUT2D eigenvalue weighted by Gasteiger charge is -2.15. The Labute approximate surface area is 89.7 Å². The minimum atomic E-state index is 0.256. The molecule has 80 valence electrons. The first-order valence-corrected chi connectivity index (χ1v) is 5.92. The van der Waals surface area contributed by atoms with E-state index in [1.807, 2.05) is 11.6 Å². The predicted molar refractivity (Wildman–Crippen MR) is 61.5 cm³/mol. The van der Waals surface area contributed by atoms with E-state index in [2.05, 4.69) is 24.1 Å². The maximum atomic E-state index is 5.90. The molecule has 0 saturated heterocycles. The molecule has 1 aromatic heterocycles. The number of aromatic nitrogens is 1. The molecule has 1 rings (SSSR count). The Balaban J connectivity index is 2.05. The molecule has 0 fully saturated rings. The van der Waals surface area contributed by atoms with E-state index in [4.69, 9.17) is 5.73 Å². The van der Waals surface area contributed by atoms with Crippen molar-refractivity contribution in [3.63, 3.8) is 0 Å². The predicted octanol–water partition coefficient (Wildman–Crippen LogP) is 1.26. The molecule has 0 aliphatic carbocycles. The van der Waals surface area contributed by atoms with E-state index in [9.17, 15) is 0 Å². The molecule has 3 nitrogen and oxygen atoms in total. The second kappa shape index (κ2) is 6.11. The third-order valence-electron chi connectivity index (χ3n) is 2.24. The molecule has 0 aromatic carbocycles. The monoisotopic (exact) mass is 213 g/mol. The lowest BCUT2D eigenvalue weighted by atomic mass is 10.1. The van der Waals surface area contributed by atoms with Crippen LogP contribution >= 0.6 is 11.3 Å². The Morgan fingerprint density at radius 1 is 1.57 bits per heavy atom. The van der Waals surface area contributed by atoms with Crippen molar-refractivity contribution in [2.75, 3.05) is 13.1 Å². The van der Waals surface area contributed by atoms with E-state index in [1.165, 1.54) is 5.01 Å². The summed E-state index contributed by atoms with van der Waals surface area (Å²) < 4.78 is 0. The first kappa shape index (κ1) is 11.6. The average molecular weight is 213 g/mol. The molecule has 0 aliphatic rings. The van der Waals surface area contributed by atoms with E-state index >= 15 is 0 Å². The normalized spacial score (nSPS) is 13.4. The van der Waals surface area contributed by atoms with Crippen molar-refractivity contribution >= 4 is 11.3 Å². The van der Waals surface area contributed by atoms with Crippen LogP contribution in [0.5, 0.6) is 0 Å². The first-order chi connectivity index (χ1) is 6.70. The van der Waals surface area contributed by atoms with Gasteiger partial charge in [0.25, 0.3) is 0 Å². The number of nitrogens with one attached hydrogen (secondary N) is 1. The highest BCUT2D eigenvalue weighted by Crippen LogP contribution is 2.03. The molecular weight excluding hydrogens is 194 g/mol. The zero-order chi connectivity index (χ0) is 10.4. The number of thiazole rings is 1. The maximum Gasteiger partial charge on any atom is 0.0937 e. The molecule has 0 saturated carbocycles. The molecule has 0 bridgehead atoms. The number of hydrogen-bond acceptors (Lipinski definition) is 4. The highest BCUT2D eigenvalue weighted by Gasteiger charge is 2.05. The molecule has 1 atom stereocenters. The molecule has 4 heteroatoms. The lowest BCUT2D eigenvalue weighted by molar-refractivity contribution is 0.460. The summed E-state index contributed by atoms with van der Waals surface area (Å²) >= 11 is 1.71. The van der Waals surface area contributed by atoms with Crippen LogP contribution in [-0.2, 0) is 6.42 Å². The summed E-state index contributed by atoms with van der Waals surface area (Å²) in [5.41, 5.74) is 5.90. The number of nitrogens with two attached hydrogens (primary N) is 1. The van der Waals surface area contributed by atoms with Gasteiger partial charge in [0.2, 0.25) is 0 Å². The first-order valence-electron chi connectivity index (χ1n) is 5.05. The van der Waals surface area contributed by atoms with Crippen molar-refractivity contribution in [2.24, 2.45) is 11.7 Å². The SMILES string of the molecule is CC(C)C(N)CNCCc1nccs1. The van der Waals surface area contributed by atoms with Crippen molar-refractivity contribution in [3.8, 4) is 0 Å². The van der Waals surface area contributed by atoms with E-state index in [0.717, 1.165) is 19.5 Å². The van der Waals surface area contributed by atoms with E-state index < -0.39 is 0 Å². The van der Waals surface area contributed by atoms with Crippen LogP contribution in [0.1, 0.15) is 18.9 Å². The molecule has 3 N–H and O–H groups in total. The van der Waals surface area contributed by atoms with Crippen molar-refractivity contribution in [1.82, 2.24) is 10.3 Å². The van der Waals surface area contributed by atoms with Crippen molar-refractivity contribution < 1.29 is 0 Å². The van der Waals surface area contributed by atoms with Crippen LogP contribution in [0.3, 0.4) is 0 Å². The fraction of sp³-hybridized carbons (Fsp3) is 0.700. The van der Waals surface area contributed by atoms with Crippen LogP contribution in [0.4, 0.5) is 0 Å². The average Bonchev–Trinajstić information content (AvgIpc) is 2.64. The van der Waals surface area contributed by atoms with Gasteiger partial charge in [0.15, 0.2) is 0 Å². The zero-order valence-corrected chi connectivity index (χ0v) is 9.68. The Morgan fingerprint density at radius 3 is 2.93 bits per heavy atom. The minimum Gasteiger partial charge on any atom is -0.326 e. The molecule has 14 heavy (non-hydrogen) atoms. The summed E-state index contributed by atoms with van der Waals surface area (Å²) in [5, 5.41) is 6.55. The Hall–Kier alpha value is -0.450. The van der Waals surface area contributed by atoms with Crippen LogP contribution in [-0.4, -0.2) is 24.1 Å². The summed E-state index contributed by atoms with van der Waals surface area (Å²) in [6.07, 6.45) is 2.85. The molecule has 0 radical (unpaired) electrons. The summed E-state index contributed by atoms with van der Waals surface area (Å²) in [6.45, 7) is 6.15. The lowest BCUT2D eigenvalue weighted by Crippen LogP contribution is -2.38. The number of rotatable bonds is 6. The summed E-state index contributed by atoms with van der Waals surface area (Å²) in [7, 11) is 0. The van der Waals surface area contributed by atoms with Gasteiger partial charge in [-0.15, -0.1) is 11.3 Å². The number of nitrogens with zero attached hydrogens (tertiary/aromatic N) is 1. The van der Waals surface area contributed by atoms with Gasteiger partial charge in [0.05, 0.1) is 5.01 Å². The van der Waals surface area contributed by atoms with Crippen LogP contribution in [0.2, 0.25) is 0 Å². The van der Waals surface area contributed by atoms with Gasteiger partial charge < -0.3 is 11.1 Å². The fourth-order valence-corrected chi connectivity index (χ4v) is 1.70. The Morgan fingerprint density at radius 2 is 2.36 bits per heavy atom. The van der Waals surface area contributed by atoms with Gasteiger partial charge in [-0.2, -0.15) is 0 Å². The quantitative estimate of drug-likeness (QED) is 0.699. The zero-order valence-electron chi connectivity index (χ0n) is 8.86. The van der Waals surface area contributed by atoms with Crippen LogP contribution in [0.25, 0.3) is 0 Å². The van der Waals surface area contributed by atoms with Gasteiger partial charge in [-0.1, -0.05) is 13.8 Å². The highest BCUT2D eigenvalue weighted by molar-refractivity contribution is 7.09. The largest absolute Gasteiger partial charge is 0.326 e. The van der Waals surface area contributed by atoms with Crippen molar-refractivity contribution in [3.05, 3.63) is 16.6 Å².